The van der Waals surface area contributed by atoms with Crippen molar-refractivity contribution in [3.63, 3.8) is 0 Å². The molecule has 28 heavy (non-hydrogen) atoms. The molecule has 0 fully saturated rings. The number of hydrogen-bond acceptors (Lipinski definition) is 6. The van der Waals surface area contributed by atoms with Crippen molar-refractivity contribution in [1.82, 2.24) is 10.2 Å². The molecule has 0 amide bonds. The lowest BCUT2D eigenvalue weighted by atomic mass is 10.1. The molecule has 0 saturated carbocycles. The number of nitrogens with zero attached hydrogens (tertiary/aromatic N) is 2. The zero-order chi connectivity index (χ0) is 19.3. The van der Waals surface area contributed by atoms with E-state index in [0.717, 1.165) is 22.1 Å². The van der Waals surface area contributed by atoms with Crippen molar-refractivity contribution in [1.29, 1.82) is 0 Å². The maximum atomic E-state index is 10.2. The molecule has 0 aliphatic heterocycles. The first-order chi connectivity index (χ1) is 13.7. The van der Waals surface area contributed by atoms with Crippen LogP contribution in [0.1, 0.15) is 5.56 Å². The second-order valence-electron chi connectivity index (χ2n) is 6.52. The van der Waals surface area contributed by atoms with Crippen LogP contribution in [-0.4, -0.2) is 33.8 Å². The monoisotopic (exact) mass is 392 g/mol. The fourth-order valence-corrected chi connectivity index (χ4v) is 3.41. The van der Waals surface area contributed by atoms with Gasteiger partial charge in [0.2, 0.25) is 5.89 Å². The van der Waals surface area contributed by atoms with Gasteiger partial charge in [-0.1, -0.05) is 59.8 Å². The minimum Gasteiger partial charge on any atom is -0.491 e. The smallest absolute Gasteiger partial charge is 0.276 e. The van der Waals surface area contributed by atoms with Crippen molar-refractivity contribution in [2.24, 2.45) is 0 Å². The van der Waals surface area contributed by atoms with Gasteiger partial charge in [-0.2, -0.15) is 0 Å². The summed E-state index contributed by atoms with van der Waals surface area (Å²) < 4.78 is 11.4. The Kier molecular flexibility index (Phi) is 5.60. The van der Waals surface area contributed by atoms with Crippen LogP contribution in [-0.2, 0) is 0 Å². The predicted molar refractivity (Wildman–Crippen MR) is 111 cm³/mol. The van der Waals surface area contributed by atoms with E-state index in [2.05, 4.69) is 16.3 Å². The Bertz CT molecular complexity index is 1060. The first-order valence-corrected chi connectivity index (χ1v) is 9.99. The Morgan fingerprint density at radius 2 is 1.79 bits per heavy atom. The van der Waals surface area contributed by atoms with E-state index >= 15 is 0 Å². The van der Waals surface area contributed by atoms with Gasteiger partial charge in [0, 0.05) is 11.3 Å². The highest BCUT2D eigenvalue weighted by Crippen LogP contribution is 2.24. The third-order valence-electron chi connectivity index (χ3n) is 4.27. The van der Waals surface area contributed by atoms with Crippen molar-refractivity contribution < 1.29 is 14.3 Å². The Morgan fingerprint density at radius 3 is 2.61 bits per heavy atom. The number of aromatic nitrogens is 2. The van der Waals surface area contributed by atoms with E-state index in [9.17, 15) is 5.11 Å². The van der Waals surface area contributed by atoms with E-state index < -0.39 is 6.10 Å². The quantitative estimate of drug-likeness (QED) is 0.459. The minimum absolute atomic E-state index is 0.199. The van der Waals surface area contributed by atoms with Crippen molar-refractivity contribution in [3.05, 3.63) is 72.3 Å². The molecule has 1 heterocycles. The average molecular weight is 392 g/mol. The number of thioether (sulfide) groups is 1. The number of benzene rings is 3. The maximum Gasteiger partial charge on any atom is 0.276 e. The van der Waals surface area contributed by atoms with Gasteiger partial charge in [0.25, 0.3) is 5.22 Å². The summed E-state index contributed by atoms with van der Waals surface area (Å²) in [6, 6.07) is 21.9. The molecule has 1 atom stereocenters. The summed E-state index contributed by atoms with van der Waals surface area (Å²) in [5, 5.41) is 21.0. The number of aliphatic hydroxyl groups excluding tert-OH is 1. The van der Waals surface area contributed by atoms with Gasteiger partial charge >= 0.3 is 0 Å². The maximum absolute atomic E-state index is 10.2. The molecule has 0 aliphatic rings. The van der Waals surface area contributed by atoms with Crippen molar-refractivity contribution in [2.75, 3.05) is 12.4 Å². The van der Waals surface area contributed by atoms with Crippen LogP contribution in [0.15, 0.2) is 76.4 Å². The van der Waals surface area contributed by atoms with Gasteiger partial charge in [-0.25, -0.2) is 0 Å². The third kappa shape index (κ3) is 4.52. The molecule has 5 nitrogen and oxygen atoms in total. The first-order valence-electron chi connectivity index (χ1n) is 9.00. The van der Waals surface area contributed by atoms with Gasteiger partial charge in [0.05, 0.1) is 6.10 Å². The van der Waals surface area contributed by atoms with E-state index in [0.29, 0.717) is 16.9 Å². The largest absolute Gasteiger partial charge is 0.491 e. The molecule has 0 aliphatic carbocycles. The molecule has 0 bridgehead atoms. The molecule has 0 spiro atoms. The zero-order valence-corrected chi connectivity index (χ0v) is 16.2. The second-order valence-corrected chi connectivity index (χ2v) is 7.50. The van der Waals surface area contributed by atoms with Crippen LogP contribution in [0.3, 0.4) is 0 Å². The molecule has 0 radical (unpaired) electrons. The SMILES string of the molecule is Cc1ccc(-c2nnc(SCC(O)COc3ccc4ccccc4c3)o2)cc1. The van der Waals surface area contributed by atoms with Gasteiger partial charge in [0.1, 0.15) is 12.4 Å². The Morgan fingerprint density at radius 1 is 1.00 bits per heavy atom. The number of ether oxygens (including phenoxy) is 1. The number of fused-ring (bicyclic) bond motifs is 1. The summed E-state index contributed by atoms with van der Waals surface area (Å²) in [5.74, 6) is 1.62. The summed E-state index contributed by atoms with van der Waals surface area (Å²) in [7, 11) is 0. The van der Waals surface area contributed by atoms with Gasteiger partial charge < -0.3 is 14.3 Å². The fraction of sp³-hybridized carbons (Fsp3) is 0.182. The Labute approximate surface area is 167 Å². The number of rotatable bonds is 7. The first kappa shape index (κ1) is 18.5. The summed E-state index contributed by atoms with van der Waals surface area (Å²) in [4.78, 5) is 0. The van der Waals surface area contributed by atoms with Crippen molar-refractivity contribution in [2.45, 2.75) is 18.3 Å². The number of aliphatic hydroxyl groups is 1. The van der Waals surface area contributed by atoms with Crippen LogP contribution in [0, 0.1) is 6.92 Å². The van der Waals surface area contributed by atoms with E-state index in [1.54, 1.807) is 0 Å². The molecule has 3 aromatic carbocycles. The fourth-order valence-electron chi connectivity index (χ4n) is 2.75. The lowest BCUT2D eigenvalue weighted by molar-refractivity contribution is 0.126. The highest BCUT2D eigenvalue weighted by Gasteiger charge is 2.12. The van der Waals surface area contributed by atoms with Crippen LogP contribution >= 0.6 is 11.8 Å². The zero-order valence-electron chi connectivity index (χ0n) is 15.4. The van der Waals surface area contributed by atoms with Gasteiger partial charge in [-0.3, -0.25) is 0 Å². The van der Waals surface area contributed by atoms with E-state index in [1.807, 2.05) is 67.6 Å². The van der Waals surface area contributed by atoms with Gasteiger partial charge in [-0.15, -0.1) is 10.2 Å². The van der Waals surface area contributed by atoms with E-state index in [4.69, 9.17) is 9.15 Å². The average Bonchev–Trinajstić information content (AvgIpc) is 3.20. The molecule has 4 rings (SSSR count). The number of hydrogen-bond donors (Lipinski definition) is 1. The molecule has 1 N–H and O–H groups in total. The molecule has 6 heteroatoms. The van der Waals surface area contributed by atoms with Gasteiger partial charge in [0.15, 0.2) is 0 Å². The number of aryl methyl sites for hydroxylation is 1. The molecule has 0 saturated heterocycles. The van der Waals surface area contributed by atoms with E-state index in [1.165, 1.54) is 17.3 Å². The Hall–Kier alpha value is -2.83. The van der Waals surface area contributed by atoms with E-state index in [-0.39, 0.29) is 6.61 Å². The topological polar surface area (TPSA) is 68.4 Å². The molecule has 4 aromatic rings. The summed E-state index contributed by atoms with van der Waals surface area (Å²) in [5.41, 5.74) is 2.05. The van der Waals surface area contributed by atoms with Crippen LogP contribution < -0.4 is 4.74 Å². The summed E-state index contributed by atoms with van der Waals surface area (Å²) >= 11 is 1.31. The minimum atomic E-state index is -0.647. The highest BCUT2D eigenvalue weighted by molar-refractivity contribution is 7.99. The van der Waals surface area contributed by atoms with Crippen LogP contribution in [0.2, 0.25) is 0 Å². The lowest BCUT2D eigenvalue weighted by Gasteiger charge is -2.11. The van der Waals surface area contributed by atoms with Crippen molar-refractivity contribution >= 4 is 22.5 Å². The lowest BCUT2D eigenvalue weighted by Crippen LogP contribution is -2.20. The molecular weight excluding hydrogens is 372 g/mol. The molecule has 1 unspecified atom stereocenters. The predicted octanol–water partition coefficient (Wildman–Crippen LogP) is 4.73. The van der Waals surface area contributed by atoms with Crippen LogP contribution in [0.25, 0.3) is 22.2 Å². The highest BCUT2D eigenvalue weighted by atomic mass is 32.2. The molecular formula is C22H20N2O3S. The summed E-state index contributed by atoms with van der Waals surface area (Å²) in [6.45, 7) is 2.23. The Balaban J connectivity index is 1.29. The summed E-state index contributed by atoms with van der Waals surface area (Å²) in [6.07, 6.45) is -0.647. The van der Waals surface area contributed by atoms with Crippen LogP contribution in [0.5, 0.6) is 5.75 Å². The second kappa shape index (κ2) is 8.46. The molecule has 142 valence electrons. The van der Waals surface area contributed by atoms with Crippen LogP contribution in [0.4, 0.5) is 0 Å². The normalized spacial score (nSPS) is 12.2. The van der Waals surface area contributed by atoms with Gasteiger partial charge in [-0.05, 0) is 42.0 Å². The third-order valence-corrected chi connectivity index (χ3v) is 5.23. The standard InChI is InChI=1S/C22H20N2O3S/c1-15-6-8-17(9-7-15)21-23-24-22(27-21)28-14-19(25)13-26-20-11-10-16-4-2-3-5-18(16)12-20/h2-12,19,25H,13-14H2,1H3. The molecule has 1 aromatic heterocycles. The van der Waals surface area contributed by atoms with Crippen molar-refractivity contribution in [3.8, 4) is 17.2 Å².